The van der Waals surface area contributed by atoms with Crippen LogP contribution in [-0.4, -0.2) is 34.2 Å². The summed E-state index contributed by atoms with van der Waals surface area (Å²) in [6, 6.07) is 8.17. The Hall–Kier alpha value is -2.46. The summed E-state index contributed by atoms with van der Waals surface area (Å²) in [5.74, 6) is 2.24. The normalized spacial score (nSPS) is 22.1. The lowest BCUT2D eigenvalue weighted by Gasteiger charge is -2.15. The van der Waals surface area contributed by atoms with Crippen molar-refractivity contribution >= 4 is 16.8 Å². The lowest BCUT2D eigenvalue weighted by molar-refractivity contribution is 0.356. The zero-order valence-corrected chi connectivity index (χ0v) is 16.3. The van der Waals surface area contributed by atoms with E-state index in [9.17, 15) is 5.26 Å². The largest absolute Gasteiger partial charge is 0.493 e. The Kier molecular flexibility index (Phi) is 5.08. The molecule has 7 heteroatoms. The zero-order valence-electron chi connectivity index (χ0n) is 15.5. The number of ether oxygens (including phenoxy) is 2. The second-order valence-electron chi connectivity index (χ2n) is 6.77. The maximum absolute atomic E-state index is 9.88. The van der Waals surface area contributed by atoms with E-state index in [-0.39, 0.29) is 0 Å². The van der Waals surface area contributed by atoms with Crippen molar-refractivity contribution in [1.29, 1.82) is 5.26 Å². The molecule has 4 rings (SSSR count). The van der Waals surface area contributed by atoms with Gasteiger partial charge in [-0.3, -0.25) is 0 Å². The molecule has 2 heterocycles. The highest BCUT2D eigenvalue weighted by Gasteiger charge is 2.38. The quantitative estimate of drug-likeness (QED) is 0.783. The molecule has 2 aliphatic rings. The average molecular weight is 382 g/mol. The van der Waals surface area contributed by atoms with Crippen molar-refractivity contribution < 1.29 is 9.47 Å². The van der Waals surface area contributed by atoms with Crippen LogP contribution in [0.15, 0.2) is 30.1 Å². The van der Waals surface area contributed by atoms with Gasteiger partial charge in [-0.15, -0.1) is 11.8 Å². The van der Waals surface area contributed by atoms with Crippen molar-refractivity contribution in [2.24, 2.45) is 5.92 Å². The standard InChI is InChI=1S/C20H22N4O2S/c1-25-16-9-6-8-14(18(16)26-2)19-22-12-23-24(19)20-15(11-21)13-7-4-3-5-10-17(13)27-20/h6,8-9,12-13,17H,3-5,7,10H2,1-2H3/t13-,17-/m0/s1. The third-order valence-electron chi connectivity index (χ3n) is 5.32. The number of para-hydroxylation sites is 1. The molecule has 0 amide bonds. The summed E-state index contributed by atoms with van der Waals surface area (Å²) in [6.07, 6.45) is 7.44. The number of hydrogen-bond acceptors (Lipinski definition) is 6. The Morgan fingerprint density at radius 3 is 2.81 bits per heavy atom. The van der Waals surface area contributed by atoms with Crippen LogP contribution in [0.2, 0.25) is 0 Å². The number of allylic oxidation sites excluding steroid dienone is 1. The summed E-state index contributed by atoms with van der Waals surface area (Å²) < 4.78 is 12.8. The monoisotopic (exact) mass is 382 g/mol. The molecule has 1 aromatic heterocycles. The predicted octanol–water partition coefficient (Wildman–Crippen LogP) is 4.35. The molecule has 0 unspecified atom stereocenters. The van der Waals surface area contributed by atoms with Crippen LogP contribution >= 0.6 is 11.8 Å². The fraction of sp³-hybridized carbons (Fsp3) is 0.450. The van der Waals surface area contributed by atoms with Gasteiger partial charge in [-0.2, -0.15) is 10.4 Å². The molecule has 2 atom stereocenters. The molecule has 27 heavy (non-hydrogen) atoms. The summed E-state index contributed by atoms with van der Waals surface area (Å²) in [5.41, 5.74) is 1.65. The molecule has 0 radical (unpaired) electrons. The van der Waals surface area contributed by atoms with Gasteiger partial charge in [0.2, 0.25) is 0 Å². The second kappa shape index (κ2) is 7.65. The van der Waals surface area contributed by atoms with Crippen LogP contribution in [0.1, 0.15) is 32.1 Å². The smallest absolute Gasteiger partial charge is 0.171 e. The molecule has 6 nitrogen and oxygen atoms in total. The number of aromatic nitrogens is 3. The molecule has 2 aromatic rings. The number of thioether (sulfide) groups is 1. The molecule has 0 N–H and O–H groups in total. The second-order valence-corrected chi connectivity index (χ2v) is 8.00. The van der Waals surface area contributed by atoms with Gasteiger partial charge < -0.3 is 9.47 Å². The first-order valence-corrected chi connectivity index (χ1v) is 10.1. The highest BCUT2D eigenvalue weighted by Crippen LogP contribution is 2.50. The van der Waals surface area contributed by atoms with Gasteiger partial charge in [0.15, 0.2) is 17.3 Å². The third-order valence-corrected chi connectivity index (χ3v) is 6.80. The molecule has 1 aromatic carbocycles. The Morgan fingerprint density at radius 1 is 1.19 bits per heavy atom. The van der Waals surface area contributed by atoms with Crippen molar-refractivity contribution in [2.75, 3.05) is 14.2 Å². The number of rotatable bonds is 4. The van der Waals surface area contributed by atoms with Gasteiger partial charge in [0.25, 0.3) is 0 Å². The van der Waals surface area contributed by atoms with E-state index in [0.717, 1.165) is 29.0 Å². The van der Waals surface area contributed by atoms with Gasteiger partial charge in [-0.05, 0) is 25.0 Å². The average Bonchev–Trinajstić information content (AvgIpc) is 3.25. The van der Waals surface area contributed by atoms with E-state index in [2.05, 4.69) is 16.2 Å². The zero-order chi connectivity index (χ0) is 18.8. The Bertz CT molecular complexity index is 915. The van der Waals surface area contributed by atoms with Crippen LogP contribution in [0, 0.1) is 17.2 Å². The van der Waals surface area contributed by atoms with Gasteiger partial charge >= 0.3 is 0 Å². The van der Waals surface area contributed by atoms with Crippen molar-refractivity contribution in [2.45, 2.75) is 37.4 Å². The number of fused-ring (bicyclic) bond motifs is 1. The van der Waals surface area contributed by atoms with Gasteiger partial charge in [0.05, 0.1) is 31.4 Å². The molecule has 0 bridgehead atoms. The van der Waals surface area contributed by atoms with E-state index < -0.39 is 0 Å². The number of methoxy groups -OCH3 is 2. The topological polar surface area (TPSA) is 73.0 Å². The first-order chi connectivity index (χ1) is 13.3. The summed E-state index contributed by atoms with van der Waals surface area (Å²) in [4.78, 5) is 4.48. The number of hydrogen-bond donors (Lipinski definition) is 0. The van der Waals surface area contributed by atoms with Crippen LogP contribution < -0.4 is 9.47 Å². The lowest BCUT2D eigenvalue weighted by atomic mass is 9.93. The Labute approximate surface area is 163 Å². The van der Waals surface area contributed by atoms with Crippen LogP contribution in [0.4, 0.5) is 0 Å². The van der Waals surface area contributed by atoms with E-state index in [1.807, 2.05) is 18.2 Å². The fourth-order valence-corrected chi connectivity index (χ4v) is 5.61. The van der Waals surface area contributed by atoms with E-state index in [4.69, 9.17) is 9.47 Å². The van der Waals surface area contributed by atoms with E-state index in [0.29, 0.717) is 28.5 Å². The molecule has 0 spiro atoms. The first kappa shape index (κ1) is 17.9. The minimum absolute atomic E-state index is 0.321. The minimum atomic E-state index is 0.321. The predicted molar refractivity (Wildman–Crippen MR) is 105 cm³/mol. The SMILES string of the molecule is COc1cccc(-c2ncnn2C2=C(C#N)[C@@H]3CCCCC[C@@H]3S2)c1OC. The summed E-state index contributed by atoms with van der Waals surface area (Å²) in [6.45, 7) is 0. The van der Waals surface area contributed by atoms with E-state index >= 15 is 0 Å². The van der Waals surface area contributed by atoms with E-state index in [1.54, 1.807) is 30.7 Å². The van der Waals surface area contributed by atoms with Gasteiger partial charge in [0.1, 0.15) is 11.4 Å². The van der Waals surface area contributed by atoms with Crippen molar-refractivity contribution in [3.8, 4) is 29.0 Å². The van der Waals surface area contributed by atoms with Crippen LogP contribution in [0.3, 0.4) is 0 Å². The third kappa shape index (κ3) is 3.08. The molecule has 1 aliphatic carbocycles. The van der Waals surface area contributed by atoms with Crippen LogP contribution in [-0.2, 0) is 0 Å². The maximum atomic E-state index is 9.88. The molecular weight excluding hydrogens is 360 g/mol. The fourth-order valence-electron chi connectivity index (χ4n) is 4.04. The van der Waals surface area contributed by atoms with Crippen LogP contribution in [0.25, 0.3) is 16.4 Å². The van der Waals surface area contributed by atoms with Crippen LogP contribution in [0.5, 0.6) is 11.5 Å². The molecule has 0 saturated heterocycles. The summed E-state index contributed by atoms with van der Waals surface area (Å²) in [5, 5.41) is 15.7. The van der Waals surface area contributed by atoms with Gasteiger partial charge in [0, 0.05) is 11.2 Å². The summed E-state index contributed by atoms with van der Waals surface area (Å²) in [7, 11) is 3.23. The molecular formula is C20H22N4O2S. The highest BCUT2D eigenvalue weighted by atomic mass is 32.2. The molecule has 140 valence electrons. The maximum Gasteiger partial charge on any atom is 0.171 e. The van der Waals surface area contributed by atoms with Gasteiger partial charge in [-0.1, -0.05) is 25.3 Å². The molecule has 1 saturated carbocycles. The van der Waals surface area contributed by atoms with E-state index in [1.165, 1.54) is 25.6 Å². The number of benzene rings is 1. The first-order valence-electron chi connectivity index (χ1n) is 9.21. The van der Waals surface area contributed by atoms with Crippen molar-refractivity contribution in [1.82, 2.24) is 14.8 Å². The molecule has 1 fully saturated rings. The lowest BCUT2D eigenvalue weighted by Crippen LogP contribution is -2.12. The van der Waals surface area contributed by atoms with Crippen molar-refractivity contribution in [3.63, 3.8) is 0 Å². The van der Waals surface area contributed by atoms with Gasteiger partial charge in [-0.25, -0.2) is 9.67 Å². The number of nitriles is 1. The van der Waals surface area contributed by atoms with Crippen molar-refractivity contribution in [3.05, 3.63) is 30.1 Å². The Balaban J connectivity index is 1.81. The number of nitrogens with zero attached hydrogens (tertiary/aromatic N) is 4. The highest BCUT2D eigenvalue weighted by molar-refractivity contribution is 8.08. The minimum Gasteiger partial charge on any atom is -0.493 e. The Morgan fingerprint density at radius 2 is 2.04 bits per heavy atom. The molecule has 1 aliphatic heterocycles. The summed E-state index contributed by atoms with van der Waals surface area (Å²) >= 11 is 1.78.